The van der Waals surface area contributed by atoms with Crippen molar-refractivity contribution in [3.63, 3.8) is 0 Å². The summed E-state index contributed by atoms with van der Waals surface area (Å²) in [5, 5.41) is 6.24. The summed E-state index contributed by atoms with van der Waals surface area (Å²) in [5.74, 6) is -3.05. The summed E-state index contributed by atoms with van der Waals surface area (Å²) in [4.78, 5) is 35.6. The van der Waals surface area contributed by atoms with Crippen LogP contribution in [0.4, 0.5) is 10.1 Å². The number of benzene rings is 3. The van der Waals surface area contributed by atoms with Crippen molar-refractivity contribution in [3.8, 4) is 5.75 Å². The molecule has 0 saturated heterocycles. The number of carbonyl (C=O) groups is 3. The molecule has 7 nitrogen and oxygen atoms in total. The van der Waals surface area contributed by atoms with Crippen LogP contribution in [0.15, 0.2) is 77.9 Å². The van der Waals surface area contributed by atoms with Crippen molar-refractivity contribution in [2.75, 3.05) is 5.32 Å². The Morgan fingerprint density at radius 1 is 0.935 bits per heavy atom. The predicted molar refractivity (Wildman–Crippen MR) is 114 cm³/mol. The number of para-hydroxylation sites is 1. The number of hydrogen-bond donors (Lipinski definition) is 2. The molecule has 0 fully saturated rings. The van der Waals surface area contributed by atoms with Crippen molar-refractivity contribution in [3.05, 3.63) is 94.8 Å². The first-order valence-electron chi connectivity index (χ1n) is 8.89. The number of esters is 1. The van der Waals surface area contributed by atoms with Gasteiger partial charge in [0, 0.05) is 5.02 Å². The molecular weight excluding hydrogens is 425 g/mol. The third-order valence-electron chi connectivity index (χ3n) is 3.86. The van der Waals surface area contributed by atoms with E-state index in [2.05, 4.69) is 10.4 Å². The number of ether oxygens (including phenoxy) is 1. The largest absolute Gasteiger partial charge is 0.423 e. The highest BCUT2D eigenvalue weighted by Crippen LogP contribution is 2.16. The molecule has 0 aliphatic heterocycles. The Morgan fingerprint density at radius 3 is 2.39 bits per heavy atom. The average molecular weight is 440 g/mol. The quantitative estimate of drug-likeness (QED) is 0.208. The first-order valence-corrected chi connectivity index (χ1v) is 9.27. The number of halogens is 2. The number of hydrazone groups is 1. The molecule has 0 atom stereocenters. The van der Waals surface area contributed by atoms with Crippen LogP contribution in [0.3, 0.4) is 0 Å². The lowest BCUT2D eigenvalue weighted by Crippen LogP contribution is -2.32. The number of nitrogens with one attached hydrogen (secondary N) is 2. The Balaban J connectivity index is 1.52. The molecule has 2 amide bonds. The zero-order valence-corrected chi connectivity index (χ0v) is 16.6. The molecule has 0 heterocycles. The lowest BCUT2D eigenvalue weighted by Gasteiger charge is -2.05. The Bertz CT molecular complexity index is 1150. The average Bonchev–Trinajstić information content (AvgIpc) is 2.76. The van der Waals surface area contributed by atoms with Crippen molar-refractivity contribution >= 4 is 41.3 Å². The van der Waals surface area contributed by atoms with E-state index in [9.17, 15) is 18.8 Å². The highest BCUT2D eigenvalue weighted by molar-refractivity contribution is 6.39. The summed E-state index contributed by atoms with van der Waals surface area (Å²) in [6, 6.07) is 18.1. The van der Waals surface area contributed by atoms with Crippen LogP contribution in [0, 0.1) is 5.82 Å². The molecule has 0 aliphatic carbocycles. The first kappa shape index (κ1) is 21.7. The van der Waals surface area contributed by atoms with Crippen LogP contribution in [-0.2, 0) is 9.59 Å². The summed E-state index contributed by atoms with van der Waals surface area (Å²) < 4.78 is 18.8. The van der Waals surface area contributed by atoms with Crippen LogP contribution in [0.5, 0.6) is 5.75 Å². The number of rotatable bonds is 5. The minimum atomic E-state index is -1.06. The lowest BCUT2D eigenvalue weighted by molar-refractivity contribution is -0.136. The molecule has 0 aliphatic rings. The molecule has 31 heavy (non-hydrogen) atoms. The maximum absolute atomic E-state index is 13.5. The van der Waals surface area contributed by atoms with Crippen molar-refractivity contribution in [1.82, 2.24) is 5.43 Å². The van der Waals surface area contributed by atoms with Gasteiger partial charge >= 0.3 is 17.8 Å². The molecule has 3 rings (SSSR count). The van der Waals surface area contributed by atoms with Gasteiger partial charge in [-0.05, 0) is 60.2 Å². The van der Waals surface area contributed by atoms with E-state index in [-0.39, 0.29) is 5.69 Å². The predicted octanol–water partition coefficient (Wildman–Crippen LogP) is 3.79. The molecule has 0 aromatic heterocycles. The van der Waals surface area contributed by atoms with Crippen molar-refractivity contribution in [2.45, 2.75) is 0 Å². The van der Waals surface area contributed by atoms with Crippen molar-refractivity contribution in [2.24, 2.45) is 5.10 Å². The number of amides is 2. The molecule has 3 aromatic carbocycles. The maximum Gasteiger partial charge on any atom is 0.343 e. The van der Waals surface area contributed by atoms with Gasteiger partial charge in [0.2, 0.25) is 0 Å². The molecule has 0 saturated carbocycles. The standard InChI is InChI=1S/C22H15ClFN3O4/c23-16-5-3-4-15(12-16)22(30)31-17-10-8-14(9-11-17)13-25-27-21(29)20(28)26-19-7-2-1-6-18(19)24/h1-13H,(H,26,28)(H,27,29). The van der Waals surface area contributed by atoms with Gasteiger partial charge in [-0.1, -0.05) is 29.8 Å². The summed E-state index contributed by atoms with van der Waals surface area (Å²) in [6.45, 7) is 0. The Kier molecular flexibility index (Phi) is 7.08. The van der Waals surface area contributed by atoms with Gasteiger partial charge in [-0.25, -0.2) is 14.6 Å². The van der Waals surface area contributed by atoms with Crippen LogP contribution in [-0.4, -0.2) is 24.0 Å². The number of hydrogen-bond acceptors (Lipinski definition) is 5. The molecule has 2 N–H and O–H groups in total. The monoisotopic (exact) mass is 439 g/mol. The molecule has 0 bridgehead atoms. The van der Waals surface area contributed by atoms with E-state index in [4.69, 9.17) is 16.3 Å². The molecule has 9 heteroatoms. The number of anilines is 1. The Hall–Kier alpha value is -4.04. The summed E-state index contributed by atoms with van der Waals surface area (Å²) in [6.07, 6.45) is 1.29. The normalized spacial score (nSPS) is 10.5. The van der Waals surface area contributed by atoms with E-state index >= 15 is 0 Å². The van der Waals surface area contributed by atoms with E-state index in [1.165, 1.54) is 42.6 Å². The zero-order chi connectivity index (χ0) is 22.2. The van der Waals surface area contributed by atoms with Gasteiger partial charge in [0.05, 0.1) is 17.5 Å². The van der Waals surface area contributed by atoms with Gasteiger partial charge < -0.3 is 10.1 Å². The van der Waals surface area contributed by atoms with Crippen LogP contribution in [0.1, 0.15) is 15.9 Å². The second-order valence-corrected chi connectivity index (χ2v) is 6.54. The summed E-state index contributed by atoms with van der Waals surface area (Å²) >= 11 is 5.86. The molecule has 0 radical (unpaired) electrons. The van der Waals surface area contributed by atoms with E-state index in [1.807, 2.05) is 5.43 Å². The Morgan fingerprint density at radius 2 is 1.68 bits per heavy atom. The summed E-state index contributed by atoms with van der Waals surface area (Å²) in [7, 11) is 0. The van der Waals surface area contributed by atoms with Gasteiger partial charge in [-0.15, -0.1) is 0 Å². The fourth-order valence-corrected chi connectivity index (χ4v) is 2.55. The second-order valence-electron chi connectivity index (χ2n) is 6.10. The SMILES string of the molecule is O=C(NN=Cc1ccc(OC(=O)c2cccc(Cl)c2)cc1)C(=O)Nc1ccccc1F. The minimum absolute atomic E-state index is 0.116. The molecule has 0 spiro atoms. The third-order valence-corrected chi connectivity index (χ3v) is 4.09. The fraction of sp³-hybridized carbons (Fsp3) is 0. The minimum Gasteiger partial charge on any atom is -0.423 e. The van der Waals surface area contributed by atoms with Crippen LogP contribution >= 0.6 is 11.6 Å². The van der Waals surface area contributed by atoms with Crippen molar-refractivity contribution in [1.29, 1.82) is 0 Å². The molecule has 0 unspecified atom stereocenters. The van der Waals surface area contributed by atoms with E-state index in [1.54, 1.807) is 30.3 Å². The van der Waals surface area contributed by atoms with Gasteiger partial charge in [0.1, 0.15) is 11.6 Å². The van der Waals surface area contributed by atoms with Crippen LogP contribution < -0.4 is 15.5 Å². The van der Waals surface area contributed by atoms with Crippen LogP contribution in [0.25, 0.3) is 0 Å². The van der Waals surface area contributed by atoms with Gasteiger partial charge in [-0.3, -0.25) is 9.59 Å². The first-order chi connectivity index (χ1) is 14.9. The summed E-state index contributed by atoms with van der Waals surface area (Å²) in [5.41, 5.74) is 2.81. The van der Waals surface area contributed by atoms with Gasteiger partial charge in [0.25, 0.3) is 0 Å². The Labute approximate surface area is 181 Å². The van der Waals surface area contributed by atoms with E-state index in [0.717, 1.165) is 6.07 Å². The molecule has 3 aromatic rings. The highest BCUT2D eigenvalue weighted by atomic mass is 35.5. The zero-order valence-electron chi connectivity index (χ0n) is 15.8. The third kappa shape index (κ3) is 6.22. The number of nitrogens with zero attached hydrogens (tertiary/aromatic N) is 1. The van der Waals surface area contributed by atoms with Gasteiger partial charge in [-0.2, -0.15) is 5.10 Å². The maximum atomic E-state index is 13.5. The lowest BCUT2D eigenvalue weighted by atomic mass is 10.2. The topological polar surface area (TPSA) is 96.9 Å². The fourth-order valence-electron chi connectivity index (χ4n) is 2.36. The van der Waals surface area contributed by atoms with Gasteiger partial charge in [0.15, 0.2) is 0 Å². The van der Waals surface area contributed by atoms with Crippen molar-refractivity contribution < 1.29 is 23.5 Å². The smallest absolute Gasteiger partial charge is 0.343 e. The molecule has 156 valence electrons. The number of carbonyl (C=O) groups excluding carboxylic acids is 3. The van der Waals surface area contributed by atoms with E-state index in [0.29, 0.717) is 21.9 Å². The van der Waals surface area contributed by atoms with Crippen LogP contribution in [0.2, 0.25) is 5.02 Å². The second kappa shape index (κ2) is 10.1. The highest BCUT2D eigenvalue weighted by Gasteiger charge is 2.14. The van der Waals surface area contributed by atoms with E-state index < -0.39 is 23.6 Å². The molecular formula is C22H15ClFN3O4.